The number of aliphatic hydroxyl groups is 1. The van der Waals surface area contributed by atoms with Gasteiger partial charge in [-0.15, -0.1) is 0 Å². The van der Waals surface area contributed by atoms with E-state index < -0.39 is 6.23 Å². The second-order valence-corrected chi connectivity index (χ2v) is 5.75. The monoisotopic (exact) mass is 379 g/mol. The Balaban J connectivity index is 3.20. The number of carbonyl (C=O) groups is 1. The van der Waals surface area contributed by atoms with Gasteiger partial charge < -0.3 is 40.3 Å². The number of carbonyl (C=O) groups excluding carboxylic acids is 1. The number of unbranched alkanes of at least 4 members (excludes halogenated alkanes) is 1. The van der Waals surface area contributed by atoms with Gasteiger partial charge in [-0.1, -0.05) is 6.42 Å². The molecule has 26 heavy (non-hydrogen) atoms. The third-order valence-electron chi connectivity index (χ3n) is 3.49. The Morgan fingerprint density at radius 1 is 0.885 bits per heavy atom. The molecule has 0 bridgehead atoms. The predicted octanol–water partition coefficient (Wildman–Crippen LogP) is -0.994. The van der Waals surface area contributed by atoms with E-state index in [1.165, 1.54) is 0 Å². The molecular formula is C17H37N3O6. The zero-order valence-corrected chi connectivity index (χ0v) is 15.8. The molecule has 0 aromatic heterocycles. The summed E-state index contributed by atoms with van der Waals surface area (Å²) in [5.41, 5.74) is 11.3. The Hall–Kier alpha value is -0.650. The van der Waals surface area contributed by atoms with E-state index in [1.807, 2.05) is 0 Å². The number of nitrogens with two attached hydrogens (primary N) is 2. The van der Waals surface area contributed by atoms with E-state index in [0.29, 0.717) is 72.4 Å². The van der Waals surface area contributed by atoms with Gasteiger partial charge in [-0.25, -0.2) is 0 Å². The van der Waals surface area contributed by atoms with Gasteiger partial charge in [-0.05, 0) is 19.4 Å². The van der Waals surface area contributed by atoms with Gasteiger partial charge in [0.2, 0.25) is 0 Å². The molecule has 0 aromatic rings. The van der Waals surface area contributed by atoms with Crippen LogP contribution in [0.5, 0.6) is 0 Å². The van der Waals surface area contributed by atoms with Crippen molar-refractivity contribution in [1.82, 2.24) is 5.32 Å². The van der Waals surface area contributed by atoms with Crippen LogP contribution in [0, 0.1) is 0 Å². The van der Waals surface area contributed by atoms with Crippen LogP contribution in [0.3, 0.4) is 0 Å². The van der Waals surface area contributed by atoms with Crippen molar-refractivity contribution < 1.29 is 28.8 Å². The molecule has 0 aliphatic rings. The minimum atomic E-state index is -0.729. The first-order valence-corrected chi connectivity index (χ1v) is 9.34. The topological polar surface area (TPSA) is 138 Å². The van der Waals surface area contributed by atoms with E-state index in [0.717, 1.165) is 25.5 Å². The SMILES string of the molecule is NCCCCC(N)C(O)NCCOCCOCCOCCOCCC=O. The molecule has 9 nitrogen and oxygen atoms in total. The highest BCUT2D eigenvalue weighted by atomic mass is 16.6. The lowest BCUT2D eigenvalue weighted by molar-refractivity contribution is -0.108. The quantitative estimate of drug-likeness (QED) is 0.112. The summed E-state index contributed by atoms with van der Waals surface area (Å²) >= 11 is 0. The summed E-state index contributed by atoms with van der Waals surface area (Å²) in [5.74, 6) is 0. The first kappa shape index (κ1) is 25.4. The minimum absolute atomic E-state index is 0.291. The van der Waals surface area contributed by atoms with Gasteiger partial charge in [0.1, 0.15) is 12.5 Å². The molecule has 0 radical (unpaired) electrons. The molecule has 6 N–H and O–H groups in total. The molecule has 0 aliphatic heterocycles. The third-order valence-corrected chi connectivity index (χ3v) is 3.49. The number of hydrogen-bond donors (Lipinski definition) is 4. The zero-order chi connectivity index (χ0) is 19.3. The molecule has 156 valence electrons. The molecule has 0 heterocycles. The maximum absolute atomic E-state index is 10.1. The second kappa shape index (κ2) is 20.7. The second-order valence-electron chi connectivity index (χ2n) is 5.75. The first-order chi connectivity index (χ1) is 12.7. The smallest absolute Gasteiger partial charge is 0.122 e. The van der Waals surface area contributed by atoms with E-state index in [9.17, 15) is 9.90 Å². The van der Waals surface area contributed by atoms with Crippen LogP contribution in [0.15, 0.2) is 0 Å². The fraction of sp³-hybridized carbons (Fsp3) is 0.941. The van der Waals surface area contributed by atoms with Crippen molar-refractivity contribution in [2.75, 3.05) is 65.9 Å². The summed E-state index contributed by atoms with van der Waals surface area (Å²) < 4.78 is 21.2. The summed E-state index contributed by atoms with van der Waals surface area (Å²) in [6.07, 6.45) is 3.10. The average molecular weight is 379 g/mol. The van der Waals surface area contributed by atoms with Crippen molar-refractivity contribution >= 4 is 6.29 Å². The summed E-state index contributed by atoms with van der Waals surface area (Å²) in [4.78, 5) is 10.1. The molecule has 0 amide bonds. The van der Waals surface area contributed by atoms with Crippen LogP contribution < -0.4 is 16.8 Å². The number of hydrogen-bond acceptors (Lipinski definition) is 9. The Kier molecular flexibility index (Phi) is 20.1. The summed E-state index contributed by atoms with van der Waals surface area (Å²) in [6.45, 7) is 5.01. The van der Waals surface area contributed by atoms with Crippen molar-refractivity contribution in [2.45, 2.75) is 38.0 Å². The van der Waals surface area contributed by atoms with Gasteiger partial charge in [-0.2, -0.15) is 0 Å². The van der Waals surface area contributed by atoms with Crippen LogP contribution in [0.2, 0.25) is 0 Å². The number of rotatable bonds is 21. The minimum Gasteiger partial charge on any atom is -0.379 e. The number of aliphatic hydroxyl groups excluding tert-OH is 1. The third kappa shape index (κ3) is 18.2. The van der Waals surface area contributed by atoms with E-state index in [-0.39, 0.29) is 6.04 Å². The maximum atomic E-state index is 10.1. The first-order valence-electron chi connectivity index (χ1n) is 9.34. The molecule has 0 saturated heterocycles. The van der Waals surface area contributed by atoms with Crippen molar-refractivity contribution in [1.29, 1.82) is 0 Å². The molecular weight excluding hydrogens is 342 g/mol. The molecule has 2 atom stereocenters. The molecule has 0 spiro atoms. The number of aldehydes is 1. The van der Waals surface area contributed by atoms with Crippen LogP contribution in [-0.4, -0.2) is 89.6 Å². The summed E-state index contributed by atoms with van der Waals surface area (Å²) in [6, 6.07) is -0.291. The molecule has 0 aliphatic carbocycles. The van der Waals surface area contributed by atoms with Crippen molar-refractivity contribution in [3.63, 3.8) is 0 Å². The van der Waals surface area contributed by atoms with Gasteiger partial charge >= 0.3 is 0 Å². The van der Waals surface area contributed by atoms with Gasteiger partial charge in [0.25, 0.3) is 0 Å². The Labute approximate surface area is 156 Å². The lowest BCUT2D eigenvalue weighted by Crippen LogP contribution is -2.46. The van der Waals surface area contributed by atoms with E-state index in [1.54, 1.807) is 0 Å². The van der Waals surface area contributed by atoms with Crippen molar-refractivity contribution in [3.05, 3.63) is 0 Å². The van der Waals surface area contributed by atoms with Gasteiger partial charge in [0, 0.05) is 19.0 Å². The molecule has 0 saturated carbocycles. The van der Waals surface area contributed by atoms with Gasteiger partial charge in [0.15, 0.2) is 0 Å². The van der Waals surface area contributed by atoms with Crippen molar-refractivity contribution in [2.24, 2.45) is 11.5 Å². The standard InChI is InChI=1S/C17H37N3O6/c18-5-2-1-4-16(19)17(22)20-6-9-24-11-13-26-15-14-25-12-10-23-8-3-7-21/h7,16-17,20,22H,1-6,8-15,18-19H2. The molecule has 0 fully saturated rings. The fourth-order valence-electron chi connectivity index (χ4n) is 2.01. The summed E-state index contributed by atoms with van der Waals surface area (Å²) in [7, 11) is 0. The van der Waals surface area contributed by atoms with Gasteiger partial charge in [-0.3, -0.25) is 5.32 Å². The highest BCUT2D eigenvalue weighted by Crippen LogP contribution is 2.00. The van der Waals surface area contributed by atoms with E-state index in [2.05, 4.69) is 5.32 Å². The fourth-order valence-corrected chi connectivity index (χ4v) is 2.01. The Morgan fingerprint density at radius 2 is 1.42 bits per heavy atom. The van der Waals surface area contributed by atoms with Crippen LogP contribution in [0.1, 0.15) is 25.7 Å². The lowest BCUT2D eigenvalue weighted by atomic mass is 10.1. The lowest BCUT2D eigenvalue weighted by Gasteiger charge is -2.20. The highest BCUT2D eigenvalue weighted by Gasteiger charge is 2.12. The number of nitrogens with one attached hydrogen (secondary N) is 1. The Morgan fingerprint density at radius 3 is 1.96 bits per heavy atom. The summed E-state index contributed by atoms with van der Waals surface area (Å²) in [5, 5.41) is 12.8. The zero-order valence-electron chi connectivity index (χ0n) is 15.8. The highest BCUT2D eigenvalue weighted by molar-refractivity contribution is 5.49. The average Bonchev–Trinajstić information content (AvgIpc) is 2.64. The molecule has 0 rings (SSSR count). The number of ether oxygens (including phenoxy) is 4. The van der Waals surface area contributed by atoms with Crippen LogP contribution >= 0.6 is 0 Å². The van der Waals surface area contributed by atoms with Gasteiger partial charge in [0.05, 0.1) is 52.9 Å². The largest absolute Gasteiger partial charge is 0.379 e. The maximum Gasteiger partial charge on any atom is 0.122 e. The molecule has 9 heteroatoms. The van der Waals surface area contributed by atoms with E-state index in [4.69, 9.17) is 30.4 Å². The van der Waals surface area contributed by atoms with E-state index >= 15 is 0 Å². The predicted molar refractivity (Wildman–Crippen MR) is 98.8 cm³/mol. The van der Waals surface area contributed by atoms with Crippen LogP contribution in [0.25, 0.3) is 0 Å². The molecule has 0 aromatic carbocycles. The van der Waals surface area contributed by atoms with Crippen molar-refractivity contribution in [3.8, 4) is 0 Å². The Bertz CT molecular complexity index is 300. The van der Waals surface area contributed by atoms with Crippen LogP contribution in [-0.2, 0) is 23.7 Å². The van der Waals surface area contributed by atoms with Crippen LogP contribution in [0.4, 0.5) is 0 Å². The normalized spacial score (nSPS) is 13.7. The molecule has 2 unspecified atom stereocenters.